The van der Waals surface area contributed by atoms with E-state index in [0.717, 1.165) is 125 Å². The molecular formula is C109H68N14OS. The van der Waals surface area contributed by atoms with Crippen molar-refractivity contribution in [1.29, 1.82) is 0 Å². The third kappa shape index (κ3) is 14.0. The molecule has 0 saturated carbocycles. The van der Waals surface area contributed by atoms with Crippen molar-refractivity contribution in [2.75, 3.05) is 0 Å². The predicted octanol–water partition coefficient (Wildman–Crippen LogP) is 25.6. The van der Waals surface area contributed by atoms with Gasteiger partial charge in [0.1, 0.15) is 11.2 Å². The quantitative estimate of drug-likeness (QED) is 0.112. The highest BCUT2D eigenvalue weighted by molar-refractivity contribution is 7.25. The van der Waals surface area contributed by atoms with Crippen LogP contribution < -0.4 is 0 Å². The molecule has 15 nitrogen and oxygen atoms in total. The summed E-state index contributed by atoms with van der Waals surface area (Å²) in [7, 11) is 0. The fraction of sp³-hybridized carbons (Fsp3) is 0.0275. The molecule has 3 aliphatic carbocycles. The molecular weight excluding hydrogens is 1550 g/mol. The third-order valence-electron chi connectivity index (χ3n) is 23.4. The van der Waals surface area contributed by atoms with Crippen molar-refractivity contribution in [3.8, 4) is 170 Å². The monoisotopic (exact) mass is 1620 g/mol. The molecule has 3 aliphatic rings. The van der Waals surface area contributed by atoms with Crippen LogP contribution in [0.1, 0.15) is 33.4 Å². The molecule has 0 unspecified atom stereocenters. The van der Waals surface area contributed by atoms with Crippen LogP contribution in [0.2, 0.25) is 0 Å². The summed E-state index contributed by atoms with van der Waals surface area (Å²) in [6, 6.07) is 118. The van der Waals surface area contributed by atoms with Gasteiger partial charge < -0.3 is 4.42 Å². The number of fused-ring (bicyclic) bond motifs is 15. The molecule has 0 N–H and O–H groups in total. The topological polar surface area (TPSA) is 194 Å². The van der Waals surface area contributed by atoms with E-state index in [2.05, 4.69) is 148 Å². The summed E-state index contributed by atoms with van der Waals surface area (Å²) in [5.74, 6) is 6.32. The van der Waals surface area contributed by atoms with Crippen molar-refractivity contribution in [3.05, 3.63) is 410 Å². The molecule has 0 saturated heterocycles. The Labute approximate surface area is 722 Å². The minimum atomic E-state index is 0.536. The Bertz CT molecular complexity index is 7420. The molecule has 16 heteroatoms. The number of nitrogens with zero attached hydrogens (tertiary/aromatic N) is 14. The molecule has 0 atom stereocenters. The summed E-state index contributed by atoms with van der Waals surface area (Å²) in [5.41, 5.74) is 30.4. The Balaban J connectivity index is 0.000000109. The van der Waals surface area contributed by atoms with Crippen molar-refractivity contribution < 1.29 is 4.42 Å². The molecule has 22 aromatic rings. The van der Waals surface area contributed by atoms with E-state index >= 15 is 0 Å². The van der Waals surface area contributed by atoms with Crippen molar-refractivity contribution in [1.82, 2.24) is 69.8 Å². The van der Waals surface area contributed by atoms with Gasteiger partial charge >= 0.3 is 0 Å². The van der Waals surface area contributed by atoms with E-state index in [1.54, 1.807) is 12.4 Å². The predicted molar refractivity (Wildman–Crippen MR) is 499 cm³/mol. The van der Waals surface area contributed by atoms with Gasteiger partial charge in [0, 0.05) is 148 Å². The van der Waals surface area contributed by atoms with E-state index in [0.29, 0.717) is 58.2 Å². The number of aromatic nitrogens is 14. The lowest BCUT2D eigenvalue weighted by Gasteiger charge is -2.09. The Kier molecular flexibility index (Phi) is 18.6. The lowest BCUT2D eigenvalue weighted by molar-refractivity contribution is 0.669. The molecule has 25 rings (SSSR count). The highest BCUT2D eigenvalue weighted by atomic mass is 32.1. The summed E-state index contributed by atoms with van der Waals surface area (Å²) in [5, 5.41) is 4.66. The van der Waals surface area contributed by atoms with Crippen LogP contribution in [0.5, 0.6) is 0 Å². The lowest BCUT2D eigenvalue weighted by Crippen LogP contribution is -2.01. The molecule has 0 bridgehead atoms. The molecule has 13 aromatic carbocycles. The number of pyridine rings is 3. The molecule has 9 heterocycles. The van der Waals surface area contributed by atoms with Crippen LogP contribution in [0.25, 0.3) is 212 Å². The third-order valence-corrected chi connectivity index (χ3v) is 24.5. The van der Waals surface area contributed by atoms with Gasteiger partial charge in [0.25, 0.3) is 0 Å². The second kappa shape index (κ2) is 31.5. The smallest absolute Gasteiger partial charge is 0.167 e. The van der Waals surface area contributed by atoms with E-state index in [4.69, 9.17) is 59.2 Å². The second-order valence-corrected chi connectivity index (χ2v) is 32.1. The van der Waals surface area contributed by atoms with Gasteiger partial charge in [-0.3, -0.25) is 15.0 Å². The average Bonchev–Trinajstić information content (AvgIpc) is 1.57. The first-order valence-corrected chi connectivity index (χ1v) is 42.3. The zero-order valence-corrected chi connectivity index (χ0v) is 67.8. The van der Waals surface area contributed by atoms with Gasteiger partial charge in [0.15, 0.2) is 58.2 Å². The highest BCUT2D eigenvalue weighted by Crippen LogP contribution is 2.47. The van der Waals surface area contributed by atoms with E-state index in [9.17, 15) is 0 Å². The number of hydrogen-bond acceptors (Lipinski definition) is 16. The summed E-state index contributed by atoms with van der Waals surface area (Å²) in [6.45, 7) is 0. The van der Waals surface area contributed by atoms with E-state index < -0.39 is 0 Å². The van der Waals surface area contributed by atoms with Crippen LogP contribution in [-0.2, 0) is 19.3 Å². The Morgan fingerprint density at radius 3 is 0.848 bits per heavy atom. The molecule has 0 spiro atoms. The SMILES string of the molecule is c1ccc(-c2nc(-c3ccccc3)nc(-c3ccc4c(c3)oc3cc(-c5cccc6c5Cc5cccnc5-6)ccc34)n2)cc1.c1ccc(-c2nc(-c3ccccc3)nc(-c3ccc4c(c3)sc3cc(-c5cccc6c5Cc5cccnc5-6)ccc34)n2)cc1.c1ccc(-c2nc(-c3ccccc3)nc(-c3cnc(-c4cccc5c4Cc4cccnc4-5)nc3)n2)cc1. The Morgan fingerprint density at radius 2 is 0.480 bits per heavy atom. The molecule has 125 heavy (non-hydrogen) atoms. The van der Waals surface area contributed by atoms with E-state index in [1.165, 1.54) is 81.4 Å². The van der Waals surface area contributed by atoms with Crippen LogP contribution in [0.15, 0.2) is 381 Å². The number of hydrogen-bond donors (Lipinski definition) is 0. The molecule has 0 aliphatic heterocycles. The first-order valence-electron chi connectivity index (χ1n) is 41.5. The van der Waals surface area contributed by atoms with Gasteiger partial charge in [-0.1, -0.05) is 291 Å². The van der Waals surface area contributed by atoms with Crippen molar-refractivity contribution in [2.45, 2.75) is 19.3 Å². The number of furan rings is 1. The van der Waals surface area contributed by atoms with E-state index in [1.807, 2.05) is 242 Å². The highest BCUT2D eigenvalue weighted by Gasteiger charge is 2.28. The minimum Gasteiger partial charge on any atom is -0.456 e. The Morgan fingerprint density at radius 1 is 0.200 bits per heavy atom. The molecule has 0 amide bonds. The molecule has 0 fully saturated rings. The fourth-order valence-corrected chi connectivity index (χ4v) is 18.5. The average molecular weight is 1620 g/mol. The van der Waals surface area contributed by atoms with Gasteiger partial charge in [0.2, 0.25) is 0 Å². The first kappa shape index (κ1) is 73.6. The van der Waals surface area contributed by atoms with Crippen LogP contribution in [0, 0.1) is 0 Å². The Hall–Kier alpha value is -16.6. The molecule has 586 valence electrons. The van der Waals surface area contributed by atoms with Gasteiger partial charge in [0.05, 0.1) is 22.6 Å². The maximum Gasteiger partial charge on any atom is 0.167 e. The summed E-state index contributed by atoms with van der Waals surface area (Å²) < 4.78 is 8.99. The van der Waals surface area contributed by atoms with Crippen molar-refractivity contribution >= 4 is 53.4 Å². The number of thiophene rings is 1. The van der Waals surface area contributed by atoms with Crippen molar-refractivity contribution in [3.63, 3.8) is 0 Å². The van der Waals surface area contributed by atoms with Crippen molar-refractivity contribution in [2.24, 2.45) is 0 Å². The number of rotatable bonds is 12. The lowest BCUT2D eigenvalue weighted by atomic mass is 9.95. The standard InChI is InChI=1S/C39H24N4O.C39H24N4S.C31H20N6/c2*1-3-9-24(10-4-1)37-41-38(25-11-5-2-6-12-25)43-39(42-37)28-17-19-31-30-18-16-26(22-34(30)44-35(31)23-28)29-14-7-15-32-33(29)21-27-13-8-20-40-36(27)32;1-3-9-20(10-4-1)28-35-29(21-11-5-2-6-12-21)37-30(36-28)23-18-33-31(34-19-23)25-15-7-14-24-26(25)17-22-13-8-16-32-27(22)24/h2*1-20,22-23H,21H2;1-16,18-19H,17H2. The maximum atomic E-state index is 6.50. The maximum absolute atomic E-state index is 6.50. The fourth-order valence-electron chi connectivity index (χ4n) is 17.4. The van der Waals surface area contributed by atoms with Crippen LogP contribution in [-0.4, -0.2) is 69.8 Å². The van der Waals surface area contributed by atoms with Gasteiger partial charge in [-0.15, -0.1) is 11.3 Å². The summed E-state index contributed by atoms with van der Waals surface area (Å²) >= 11 is 1.82. The zero-order valence-electron chi connectivity index (χ0n) is 67.0. The first-order chi connectivity index (χ1) is 61.9. The largest absolute Gasteiger partial charge is 0.456 e. The zero-order chi connectivity index (χ0) is 82.7. The normalized spacial score (nSPS) is 11.9. The molecule has 9 aromatic heterocycles. The van der Waals surface area contributed by atoms with E-state index in [-0.39, 0.29) is 0 Å². The second-order valence-electron chi connectivity index (χ2n) is 31.0. The van der Waals surface area contributed by atoms with Gasteiger partial charge in [-0.25, -0.2) is 54.8 Å². The summed E-state index contributed by atoms with van der Waals surface area (Å²) in [4.78, 5) is 67.1. The summed E-state index contributed by atoms with van der Waals surface area (Å²) in [6.07, 6.45) is 11.8. The van der Waals surface area contributed by atoms with Crippen LogP contribution >= 0.6 is 11.3 Å². The van der Waals surface area contributed by atoms with Gasteiger partial charge in [-0.05, 0) is 110 Å². The minimum absolute atomic E-state index is 0.536. The van der Waals surface area contributed by atoms with Crippen LogP contribution in [0.4, 0.5) is 0 Å². The molecule has 0 radical (unpaired) electrons. The van der Waals surface area contributed by atoms with Gasteiger partial charge in [-0.2, -0.15) is 0 Å². The number of benzene rings is 13. The van der Waals surface area contributed by atoms with Crippen LogP contribution in [0.3, 0.4) is 0 Å².